The number of benzene rings is 1. The smallest absolute Gasteiger partial charge is 0.282 e. The quantitative estimate of drug-likeness (QED) is 0.692. The van der Waals surface area contributed by atoms with Crippen LogP contribution in [0, 0.1) is 11.7 Å². The zero-order valence-corrected chi connectivity index (χ0v) is 15.9. The lowest BCUT2D eigenvalue weighted by atomic mass is 9.78. The predicted molar refractivity (Wildman–Crippen MR) is 99.8 cm³/mol. The Kier molecular flexibility index (Phi) is 5.48. The van der Waals surface area contributed by atoms with E-state index in [-0.39, 0.29) is 36.2 Å². The number of halogens is 4. The molecule has 164 valence electrons. The summed E-state index contributed by atoms with van der Waals surface area (Å²) in [6, 6.07) is 3.58. The predicted octanol–water partition coefficient (Wildman–Crippen LogP) is 2.33. The maximum Gasteiger partial charge on any atom is 0.282 e. The number of hydrogen-bond acceptors (Lipinski definition) is 7. The lowest BCUT2D eigenvalue weighted by molar-refractivity contribution is 0.0528. The molecule has 1 saturated heterocycles. The van der Waals surface area contributed by atoms with E-state index in [4.69, 9.17) is 15.2 Å². The summed E-state index contributed by atoms with van der Waals surface area (Å²) in [6.45, 7) is -0.937. The fourth-order valence-corrected chi connectivity index (χ4v) is 3.72. The number of amides is 1. The molecule has 0 spiro atoms. The molecule has 1 unspecified atom stereocenters. The number of amidine groups is 1. The van der Waals surface area contributed by atoms with Crippen LogP contribution >= 0.6 is 0 Å². The number of aliphatic imine (C=N–C) groups is 1. The highest BCUT2D eigenvalue weighted by Gasteiger charge is 2.55. The van der Waals surface area contributed by atoms with E-state index in [1.165, 1.54) is 12.1 Å². The third kappa shape index (κ3) is 3.78. The second kappa shape index (κ2) is 8.10. The number of hydrogen-bond donors (Lipinski definition) is 2. The van der Waals surface area contributed by atoms with Crippen LogP contribution in [0.15, 0.2) is 35.6 Å². The molecule has 0 aliphatic carbocycles. The Hall–Kier alpha value is -3.28. The van der Waals surface area contributed by atoms with E-state index < -0.39 is 48.1 Å². The van der Waals surface area contributed by atoms with Crippen molar-refractivity contribution in [3.05, 3.63) is 53.4 Å². The van der Waals surface area contributed by atoms with E-state index in [2.05, 4.69) is 20.3 Å². The Morgan fingerprint density at radius 3 is 2.81 bits per heavy atom. The molecular weight excluding hydrogens is 422 g/mol. The third-order valence-electron chi connectivity index (χ3n) is 5.27. The molecule has 1 aromatic carbocycles. The summed E-state index contributed by atoms with van der Waals surface area (Å²) in [4.78, 5) is 23.8. The van der Waals surface area contributed by atoms with Crippen LogP contribution in [0.3, 0.4) is 0 Å². The van der Waals surface area contributed by atoms with E-state index >= 15 is 0 Å². The van der Waals surface area contributed by atoms with Crippen LogP contribution < -0.4 is 11.1 Å². The van der Waals surface area contributed by atoms with Gasteiger partial charge >= 0.3 is 0 Å². The molecule has 2 aliphatic heterocycles. The first-order chi connectivity index (χ1) is 14.8. The van der Waals surface area contributed by atoms with Crippen LogP contribution in [0.25, 0.3) is 0 Å². The minimum absolute atomic E-state index is 0.00791. The number of anilines is 1. The van der Waals surface area contributed by atoms with Crippen LogP contribution in [0.2, 0.25) is 0 Å². The number of rotatable bonds is 5. The number of carbonyl (C=O) groups is 1. The average molecular weight is 439 g/mol. The summed E-state index contributed by atoms with van der Waals surface area (Å²) in [5, 5.41) is 2.51. The van der Waals surface area contributed by atoms with E-state index in [1.807, 2.05) is 0 Å². The van der Waals surface area contributed by atoms with Gasteiger partial charge in [0.15, 0.2) is 0 Å². The van der Waals surface area contributed by atoms with Gasteiger partial charge in [0.2, 0.25) is 0 Å². The molecule has 2 aliphatic rings. The molecular formula is C19H17F4N5O3. The van der Waals surface area contributed by atoms with Gasteiger partial charge in [0.1, 0.15) is 29.4 Å². The molecule has 2 aromatic rings. The number of fused-ring (bicyclic) bond motifs is 1. The number of carbonyl (C=O) groups excluding carboxylic acids is 1. The molecule has 1 fully saturated rings. The molecule has 8 nitrogen and oxygen atoms in total. The Bertz CT molecular complexity index is 1020. The summed E-state index contributed by atoms with van der Waals surface area (Å²) < 4.78 is 64.1. The first-order valence-electron chi connectivity index (χ1n) is 9.21. The van der Waals surface area contributed by atoms with Crippen LogP contribution in [0.4, 0.5) is 23.2 Å². The maximum absolute atomic E-state index is 14.8. The van der Waals surface area contributed by atoms with Crippen molar-refractivity contribution in [2.45, 2.75) is 18.1 Å². The van der Waals surface area contributed by atoms with Gasteiger partial charge in [-0.3, -0.25) is 9.78 Å². The molecule has 0 bridgehead atoms. The zero-order chi connectivity index (χ0) is 22.2. The molecule has 3 N–H and O–H groups in total. The SMILES string of the molecule is NC1=NC2(c3cc(NC(=O)c4cnc(C(F)F)cn4)ccc3F)CO[C@H](CF)[C@H]2CO1. The van der Waals surface area contributed by atoms with Crippen molar-refractivity contribution < 1.29 is 31.8 Å². The molecule has 0 saturated carbocycles. The fraction of sp³-hybridized carbons (Fsp3) is 0.368. The normalized spacial score (nSPS) is 25.0. The maximum atomic E-state index is 14.8. The Morgan fingerprint density at radius 1 is 1.32 bits per heavy atom. The van der Waals surface area contributed by atoms with Gasteiger partial charge < -0.3 is 20.5 Å². The van der Waals surface area contributed by atoms with E-state index in [0.29, 0.717) is 0 Å². The minimum Gasteiger partial charge on any atom is -0.465 e. The first kappa shape index (κ1) is 21.0. The Balaban J connectivity index is 1.64. The topological polar surface area (TPSA) is 112 Å². The van der Waals surface area contributed by atoms with Crippen LogP contribution in [-0.4, -0.2) is 47.9 Å². The second-order valence-corrected chi connectivity index (χ2v) is 7.07. The van der Waals surface area contributed by atoms with Crippen molar-refractivity contribution in [1.29, 1.82) is 0 Å². The molecule has 3 heterocycles. The van der Waals surface area contributed by atoms with Crippen LogP contribution in [0.5, 0.6) is 0 Å². The highest BCUT2D eigenvalue weighted by Crippen LogP contribution is 2.46. The van der Waals surface area contributed by atoms with Crippen molar-refractivity contribution in [1.82, 2.24) is 9.97 Å². The summed E-state index contributed by atoms with van der Waals surface area (Å²) in [5.41, 5.74) is 3.84. The molecule has 0 radical (unpaired) electrons. The average Bonchev–Trinajstić information content (AvgIpc) is 3.13. The number of nitrogens with zero attached hydrogens (tertiary/aromatic N) is 3. The molecule has 31 heavy (non-hydrogen) atoms. The van der Waals surface area contributed by atoms with Crippen molar-refractivity contribution in [3.8, 4) is 0 Å². The minimum atomic E-state index is -2.81. The lowest BCUT2D eigenvalue weighted by Gasteiger charge is -2.35. The van der Waals surface area contributed by atoms with Crippen molar-refractivity contribution >= 4 is 17.6 Å². The summed E-state index contributed by atoms with van der Waals surface area (Å²) in [5.74, 6) is -2.01. The lowest BCUT2D eigenvalue weighted by Crippen LogP contribution is -2.45. The molecule has 4 rings (SSSR count). The van der Waals surface area contributed by atoms with E-state index in [1.54, 1.807) is 0 Å². The monoisotopic (exact) mass is 439 g/mol. The van der Waals surface area contributed by atoms with E-state index in [0.717, 1.165) is 18.5 Å². The van der Waals surface area contributed by atoms with Crippen LogP contribution in [-0.2, 0) is 15.0 Å². The van der Waals surface area contributed by atoms with E-state index in [9.17, 15) is 22.4 Å². The van der Waals surface area contributed by atoms with Gasteiger partial charge in [0.25, 0.3) is 18.4 Å². The summed E-state index contributed by atoms with van der Waals surface area (Å²) in [7, 11) is 0. The zero-order valence-electron chi connectivity index (χ0n) is 15.9. The number of ether oxygens (including phenoxy) is 2. The van der Waals surface area contributed by atoms with Gasteiger partial charge in [-0.05, 0) is 18.2 Å². The largest absolute Gasteiger partial charge is 0.465 e. The van der Waals surface area contributed by atoms with Gasteiger partial charge in [0.05, 0.1) is 37.6 Å². The number of nitrogens with one attached hydrogen (secondary N) is 1. The first-order valence-corrected chi connectivity index (χ1v) is 9.21. The number of nitrogens with two attached hydrogens (primary N) is 1. The highest BCUT2D eigenvalue weighted by molar-refractivity contribution is 6.02. The molecule has 3 atom stereocenters. The van der Waals surface area contributed by atoms with Crippen molar-refractivity contribution in [3.63, 3.8) is 0 Å². The molecule has 1 aromatic heterocycles. The highest BCUT2D eigenvalue weighted by atomic mass is 19.3. The van der Waals surface area contributed by atoms with Gasteiger partial charge in [-0.15, -0.1) is 0 Å². The van der Waals surface area contributed by atoms with Gasteiger partial charge in [0, 0.05) is 11.3 Å². The Morgan fingerprint density at radius 2 is 2.13 bits per heavy atom. The van der Waals surface area contributed by atoms with Gasteiger partial charge in [-0.25, -0.2) is 27.5 Å². The number of alkyl halides is 3. The second-order valence-electron chi connectivity index (χ2n) is 7.07. The summed E-state index contributed by atoms with van der Waals surface area (Å²) in [6.07, 6.45) is -1.95. The number of aromatic nitrogens is 2. The van der Waals surface area contributed by atoms with Gasteiger partial charge in [-0.2, -0.15) is 0 Å². The molecule has 1 amide bonds. The third-order valence-corrected chi connectivity index (χ3v) is 5.27. The van der Waals surface area contributed by atoms with Crippen molar-refractivity contribution in [2.24, 2.45) is 16.6 Å². The van der Waals surface area contributed by atoms with Gasteiger partial charge in [-0.1, -0.05) is 0 Å². The van der Waals surface area contributed by atoms with Crippen molar-refractivity contribution in [2.75, 3.05) is 25.2 Å². The van der Waals surface area contributed by atoms with Crippen LogP contribution in [0.1, 0.15) is 28.2 Å². The fourth-order valence-electron chi connectivity index (χ4n) is 3.72. The summed E-state index contributed by atoms with van der Waals surface area (Å²) >= 11 is 0. The Labute approximate surface area is 173 Å². The molecule has 12 heteroatoms. The standard InChI is InChI=1S/C19H17F4N5O3/c20-4-15-11-7-30-18(24)28-19(11,8-31-15)10-3-9(1-2-12(10)21)27-17(29)14-6-25-13(5-26-14)16(22)23/h1-3,5-6,11,15-16H,4,7-8H2,(H2,24,28)(H,27,29)/t11-,15-,19?/m1/s1.